The third-order valence-electron chi connectivity index (χ3n) is 1.90. The van der Waals surface area contributed by atoms with Crippen molar-refractivity contribution in [1.82, 2.24) is 4.90 Å². The molecule has 0 aliphatic heterocycles. The van der Waals surface area contributed by atoms with Crippen LogP contribution in [-0.4, -0.2) is 30.7 Å². The highest BCUT2D eigenvalue weighted by Gasteiger charge is 2.06. The standard InChI is InChI=1S/C9H20FN/c1-4-5-7-11(8-6-10)9(2)3/h9H,4-8H2,1-3H3. The van der Waals surface area contributed by atoms with E-state index in [1.807, 2.05) is 0 Å². The summed E-state index contributed by atoms with van der Waals surface area (Å²) < 4.78 is 12.0. The van der Waals surface area contributed by atoms with Crippen LogP contribution in [0.25, 0.3) is 0 Å². The number of hydrogen-bond donors (Lipinski definition) is 0. The fraction of sp³-hybridized carbons (Fsp3) is 1.00. The Morgan fingerprint density at radius 1 is 1.27 bits per heavy atom. The summed E-state index contributed by atoms with van der Waals surface area (Å²) >= 11 is 0. The van der Waals surface area contributed by atoms with Crippen molar-refractivity contribution in [2.75, 3.05) is 19.8 Å². The van der Waals surface area contributed by atoms with E-state index in [0.717, 1.165) is 6.54 Å². The zero-order valence-corrected chi connectivity index (χ0v) is 7.94. The topological polar surface area (TPSA) is 3.24 Å². The lowest BCUT2D eigenvalue weighted by Crippen LogP contribution is -2.33. The first-order valence-electron chi connectivity index (χ1n) is 4.52. The van der Waals surface area contributed by atoms with Crippen molar-refractivity contribution in [1.29, 1.82) is 0 Å². The molecule has 0 heterocycles. The predicted octanol–water partition coefficient (Wildman–Crippen LogP) is 2.47. The van der Waals surface area contributed by atoms with Crippen molar-refractivity contribution < 1.29 is 4.39 Å². The van der Waals surface area contributed by atoms with Crippen LogP contribution in [0.3, 0.4) is 0 Å². The van der Waals surface area contributed by atoms with Crippen LogP contribution in [0.15, 0.2) is 0 Å². The Kier molecular flexibility index (Phi) is 6.52. The van der Waals surface area contributed by atoms with Gasteiger partial charge in [-0.05, 0) is 26.8 Å². The molecule has 0 rings (SSSR count). The largest absolute Gasteiger partial charge is 0.298 e. The van der Waals surface area contributed by atoms with Crippen LogP contribution in [0, 0.1) is 0 Å². The average molecular weight is 161 g/mol. The second-order valence-corrected chi connectivity index (χ2v) is 3.17. The smallest absolute Gasteiger partial charge is 0.102 e. The molecule has 0 saturated heterocycles. The highest BCUT2D eigenvalue weighted by molar-refractivity contribution is 4.61. The average Bonchev–Trinajstić information content (AvgIpc) is 1.97. The van der Waals surface area contributed by atoms with Gasteiger partial charge in [0.15, 0.2) is 0 Å². The molecule has 0 saturated carbocycles. The van der Waals surface area contributed by atoms with Gasteiger partial charge in [0.2, 0.25) is 0 Å². The number of halogens is 1. The molecule has 0 fully saturated rings. The van der Waals surface area contributed by atoms with E-state index in [1.165, 1.54) is 12.8 Å². The van der Waals surface area contributed by atoms with Crippen LogP contribution in [0.5, 0.6) is 0 Å². The molecule has 0 N–H and O–H groups in total. The van der Waals surface area contributed by atoms with E-state index in [0.29, 0.717) is 12.6 Å². The van der Waals surface area contributed by atoms with Gasteiger partial charge in [-0.1, -0.05) is 13.3 Å². The van der Waals surface area contributed by atoms with Crippen molar-refractivity contribution >= 4 is 0 Å². The van der Waals surface area contributed by atoms with E-state index >= 15 is 0 Å². The Hall–Kier alpha value is -0.110. The first-order valence-corrected chi connectivity index (χ1v) is 4.52. The first kappa shape index (κ1) is 10.9. The fourth-order valence-electron chi connectivity index (χ4n) is 1.10. The predicted molar refractivity (Wildman–Crippen MR) is 47.6 cm³/mol. The molecule has 0 aromatic rings. The molecule has 0 aromatic carbocycles. The molecular weight excluding hydrogens is 141 g/mol. The number of hydrogen-bond acceptors (Lipinski definition) is 1. The molecule has 0 amide bonds. The van der Waals surface area contributed by atoms with Crippen molar-refractivity contribution in [2.45, 2.75) is 39.7 Å². The molecule has 2 heteroatoms. The zero-order chi connectivity index (χ0) is 8.69. The Morgan fingerprint density at radius 3 is 2.27 bits per heavy atom. The lowest BCUT2D eigenvalue weighted by molar-refractivity contribution is 0.200. The Labute approximate surface area is 69.6 Å². The van der Waals surface area contributed by atoms with Gasteiger partial charge in [-0.15, -0.1) is 0 Å². The molecule has 0 spiro atoms. The molecule has 0 aliphatic carbocycles. The van der Waals surface area contributed by atoms with Gasteiger partial charge in [-0.2, -0.15) is 0 Å². The molecule has 0 aromatic heterocycles. The quantitative estimate of drug-likeness (QED) is 0.578. The number of rotatable bonds is 6. The van der Waals surface area contributed by atoms with Crippen molar-refractivity contribution in [3.8, 4) is 0 Å². The van der Waals surface area contributed by atoms with E-state index in [1.54, 1.807) is 0 Å². The minimum Gasteiger partial charge on any atom is -0.298 e. The minimum absolute atomic E-state index is 0.220. The Morgan fingerprint density at radius 2 is 1.91 bits per heavy atom. The minimum atomic E-state index is -0.220. The van der Waals surface area contributed by atoms with Crippen molar-refractivity contribution in [3.63, 3.8) is 0 Å². The number of unbranched alkanes of at least 4 members (excludes halogenated alkanes) is 1. The van der Waals surface area contributed by atoms with Crippen LogP contribution in [0.2, 0.25) is 0 Å². The van der Waals surface area contributed by atoms with E-state index in [-0.39, 0.29) is 6.67 Å². The Balaban J connectivity index is 3.51. The highest BCUT2D eigenvalue weighted by atomic mass is 19.1. The van der Waals surface area contributed by atoms with Gasteiger partial charge >= 0.3 is 0 Å². The third-order valence-corrected chi connectivity index (χ3v) is 1.90. The maximum Gasteiger partial charge on any atom is 0.102 e. The number of nitrogens with zero attached hydrogens (tertiary/aromatic N) is 1. The summed E-state index contributed by atoms with van der Waals surface area (Å²) in [7, 11) is 0. The summed E-state index contributed by atoms with van der Waals surface area (Å²) in [6.07, 6.45) is 2.37. The lowest BCUT2D eigenvalue weighted by atomic mass is 10.2. The van der Waals surface area contributed by atoms with Gasteiger partial charge in [-0.3, -0.25) is 4.90 Å². The van der Waals surface area contributed by atoms with Gasteiger partial charge in [-0.25, -0.2) is 4.39 Å². The summed E-state index contributed by atoms with van der Waals surface area (Å²) in [5.74, 6) is 0. The molecule has 0 bridgehead atoms. The van der Waals surface area contributed by atoms with Gasteiger partial charge < -0.3 is 0 Å². The molecule has 68 valence electrons. The molecular formula is C9H20FN. The van der Waals surface area contributed by atoms with Crippen LogP contribution >= 0.6 is 0 Å². The van der Waals surface area contributed by atoms with Crippen LogP contribution in [0.1, 0.15) is 33.6 Å². The molecule has 0 aliphatic rings. The number of alkyl halides is 1. The summed E-state index contributed by atoms with van der Waals surface area (Å²) in [6, 6.07) is 0.484. The van der Waals surface area contributed by atoms with Crippen LogP contribution in [0.4, 0.5) is 4.39 Å². The van der Waals surface area contributed by atoms with Crippen molar-refractivity contribution in [3.05, 3.63) is 0 Å². The second kappa shape index (κ2) is 6.59. The lowest BCUT2D eigenvalue weighted by Gasteiger charge is -2.24. The maximum absolute atomic E-state index is 12.0. The molecule has 0 atom stereocenters. The van der Waals surface area contributed by atoms with Crippen molar-refractivity contribution in [2.24, 2.45) is 0 Å². The van der Waals surface area contributed by atoms with Crippen LogP contribution < -0.4 is 0 Å². The summed E-state index contributed by atoms with van der Waals surface area (Å²) in [5.41, 5.74) is 0. The van der Waals surface area contributed by atoms with Gasteiger partial charge in [0.25, 0.3) is 0 Å². The second-order valence-electron chi connectivity index (χ2n) is 3.17. The van der Waals surface area contributed by atoms with Gasteiger partial charge in [0, 0.05) is 12.6 Å². The zero-order valence-electron chi connectivity index (χ0n) is 7.94. The highest BCUT2D eigenvalue weighted by Crippen LogP contribution is 2.00. The van der Waals surface area contributed by atoms with Gasteiger partial charge in [0.1, 0.15) is 6.67 Å². The van der Waals surface area contributed by atoms with E-state index < -0.39 is 0 Å². The summed E-state index contributed by atoms with van der Waals surface area (Å²) in [5, 5.41) is 0. The molecule has 11 heavy (non-hydrogen) atoms. The monoisotopic (exact) mass is 161 g/mol. The normalized spacial score (nSPS) is 11.5. The molecule has 1 nitrogen and oxygen atoms in total. The van der Waals surface area contributed by atoms with E-state index in [4.69, 9.17) is 0 Å². The third kappa shape index (κ3) is 5.19. The SMILES string of the molecule is CCCCN(CCF)C(C)C. The summed E-state index contributed by atoms with van der Waals surface area (Å²) in [6.45, 7) is 7.81. The first-order chi connectivity index (χ1) is 5.22. The van der Waals surface area contributed by atoms with E-state index in [2.05, 4.69) is 25.7 Å². The Bertz CT molecular complexity index is 83.6. The maximum atomic E-state index is 12.0. The fourth-order valence-corrected chi connectivity index (χ4v) is 1.10. The van der Waals surface area contributed by atoms with E-state index in [9.17, 15) is 4.39 Å². The summed E-state index contributed by atoms with van der Waals surface area (Å²) in [4.78, 5) is 2.18. The van der Waals surface area contributed by atoms with Gasteiger partial charge in [0.05, 0.1) is 0 Å². The van der Waals surface area contributed by atoms with Crippen LogP contribution in [-0.2, 0) is 0 Å². The molecule has 0 radical (unpaired) electrons. The molecule has 0 unspecified atom stereocenters.